The third-order valence-corrected chi connectivity index (χ3v) is 3.48. The van der Waals surface area contributed by atoms with Gasteiger partial charge in [0.15, 0.2) is 0 Å². The summed E-state index contributed by atoms with van der Waals surface area (Å²) < 4.78 is 1.69. The first kappa shape index (κ1) is 11.9. The van der Waals surface area contributed by atoms with Crippen LogP contribution in [0.15, 0.2) is 17.1 Å². The second-order valence-electron chi connectivity index (χ2n) is 4.65. The maximum atomic E-state index is 12.0. The highest BCUT2D eigenvalue weighted by atomic mass is 16.2. The minimum absolute atomic E-state index is 0.0255. The van der Waals surface area contributed by atoms with Crippen molar-refractivity contribution in [2.24, 2.45) is 5.92 Å². The van der Waals surface area contributed by atoms with Crippen LogP contribution in [-0.4, -0.2) is 17.5 Å². The Hall–Kier alpha value is -1.58. The van der Waals surface area contributed by atoms with Crippen molar-refractivity contribution in [2.75, 3.05) is 11.9 Å². The minimum atomic E-state index is -0.0412. The molecule has 0 aliphatic carbocycles. The van der Waals surface area contributed by atoms with E-state index in [2.05, 4.69) is 0 Å². The monoisotopic (exact) mass is 234 g/mol. The molecule has 1 amide bonds. The van der Waals surface area contributed by atoms with E-state index in [0.29, 0.717) is 6.54 Å². The molecular formula is C13H18N2O2. The molecule has 0 aromatic carbocycles. The first-order chi connectivity index (χ1) is 8.04. The summed E-state index contributed by atoms with van der Waals surface area (Å²) in [5, 5.41) is 0. The summed E-state index contributed by atoms with van der Waals surface area (Å²) in [6.07, 6.45) is 3.59. The standard InChI is InChI=1S/C13H18N2O2/c1-4-15-8-10-6-5-9(2)13(17)14(3)11(10)7-12(15)16/h7-9H,4-6H2,1-3H3. The number of anilines is 1. The molecule has 2 heterocycles. The van der Waals surface area contributed by atoms with Gasteiger partial charge in [-0.3, -0.25) is 9.59 Å². The molecule has 2 rings (SSSR count). The van der Waals surface area contributed by atoms with Crippen molar-refractivity contribution in [1.29, 1.82) is 0 Å². The Labute approximate surface area is 101 Å². The molecule has 0 bridgehead atoms. The van der Waals surface area contributed by atoms with Gasteiger partial charge in [-0.2, -0.15) is 0 Å². The summed E-state index contributed by atoms with van der Waals surface area (Å²) in [7, 11) is 1.75. The third-order valence-electron chi connectivity index (χ3n) is 3.48. The van der Waals surface area contributed by atoms with Gasteiger partial charge in [0, 0.05) is 31.8 Å². The zero-order valence-corrected chi connectivity index (χ0v) is 10.6. The molecule has 0 fully saturated rings. The van der Waals surface area contributed by atoms with Crippen LogP contribution in [0.1, 0.15) is 25.8 Å². The van der Waals surface area contributed by atoms with Crippen LogP contribution in [0.4, 0.5) is 5.69 Å². The largest absolute Gasteiger partial charge is 0.315 e. The molecule has 1 unspecified atom stereocenters. The van der Waals surface area contributed by atoms with E-state index in [0.717, 1.165) is 24.1 Å². The van der Waals surface area contributed by atoms with Crippen molar-refractivity contribution in [3.8, 4) is 0 Å². The summed E-state index contributed by atoms with van der Waals surface area (Å²) in [4.78, 5) is 25.4. The Morgan fingerprint density at radius 2 is 2.12 bits per heavy atom. The number of carbonyl (C=O) groups excluding carboxylic acids is 1. The van der Waals surface area contributed by atoms with Gasteiger partial charge < -0.3 is 9.47 Å². The molecule has 1 aliphatic heterocycles. The molecule has 1 atom stereocenters. The van der Waals surface area contributed by atoms with Crippen molar-refractivity contribution in [2.45, 2.75) is 33.2 Å². The number of nitrogens with zero attached hydrogens (tertiary/aromatic N) is 2. The Balaban J connectivity index is 2.55. The second-order valence-corrected chi connectivity index (χ2v) is 4.65. The molecule has 0 saturated carbocycles. The molecule has 0 radical (unpaired) electrons. The van der Waals surface area contributed by atoms with Gasteiger partial charge in [0.05, 0.1) is 5.69 Å². The minimum Gasteiger partial charge on any atom is -0.315 e. The topological polar surface area (TPSA) is 42.3 Å². The zero-order valence-electron chi connectivity index (χ0n) is 10.6. The van der Waals surface area contributed by atoms with Crippen LogP contribution in [0.5, 0.6) is 0 Å². The van der Waals surface area contributed by atoms with Crippen molar-refractivity contribution < 1.29 is 4.79 Å². The molecule has 17 heavy (non-hydrogen) atoms. The van der Waals surface area contributed by atoms with Crippen LogP contribution in [-0.2, 0) is 17.8 Å². The fourth-order valence-corrected chi connectivity index (χ4v) is 2.31. The summed E-state index contributed by atoms with van der Waals surface area (Å²) >= 11 is 0. The summed E-state index contributed by atoms with van der Waals surface area (Å²) in [5.41, 5.74) is 1.82. The highest BCUT2D eigenvalue weighted by molar-refractivity contribution is 5.95. The molecule has 1 aromatic rings. The number of carbonyl (C=O) groups is 1. The third kappa shape index (κ3) is 1.99. The Bertz CT molecular complexity index is 505. The zero-order chi connectivity index (χ0) is 12.6. The quantitative estimate of drug-likeness (QED) is 0.737. The van der Waals surface area contributed by atoms with Crippen molar-refractivity contribution in [3.63, 3.8) is 0 Å². The fourth-order valence-electron chi connectivity index (χ4n) is 2.31. The molecule has 1 aliphatic rings. The van der Waals surface area contributed by atoms with E-state index in [9.17, 15) is 9.59 Å². The molecule has 4 nitrogen and oxygen atoms in total. The summed E-state index contributed by atoms with van der Waals surface area (Å²) in [6, 6.07) is 1.58. The fraction of sp³-hybridized carbons (Fsp3) is 0.538. The lowest BCUT2D eigenvalue weighted by Crippen LogP contribution is -2.31. The first-order valence-corrected chi connectivity index (χ1v) is 6.05. The van der Waals surface area contributed by atoms with Crippen molar-refractivity contribution >= 4 is 11.6 Å². The van der Waals surface area contributed by atoms with Crippen LogP contribution in [0.2, 0.25) is 0 Å². The molecule has 1 aromatic heterocycles. The lowest BCUT2D eigenvalue weighted by atomic mass is 10.0. The lowest BCUT2D eigenvalue weighted by Gasteiger charge is -2.19. The number of amides is 1. The second kappa shape index (κ2) is 4.35. The molecule has 0 spiro atoms. The van der Waals surface area contributed by atoms with Crippen LogP contribution < -0.4 is 10.5 Å². The van der Waals surface area contributed by atoms with Gasteiger partial charge in [-0.1, -0.05) is 6.92 Å². The van der Waals surface area contributed by atoms with Gasteiger partial charge in [0.1, 0.15) is 0 Å². The molecule has 0 saturated heterocycles. The number of aryl methyl sites for hydroxylation is 2. The van der Waals surface area contributed by atoms with Gasteiger partial charge >= 0.3 is 0 Å². The first-order valence-electron chi connectivity index (χ1n) is 6.05. The predicted octanol–water partition coefficient (Wildman–Crippen LogP) is 1.41. The van der Waals surface area contributed by atoms with Gasteiger partial charge in [0.2, 0.25) is 5.91 Å². The Kier molecular flexibility index (Phi) is 3.05. The van der Waals surface area contributed by atoms with Crippen molar-refractivity contribution in [1.82, 2.24) is 4.57 Å². The van der Waals surface area contributed by atoms with E-state index in [4.69, 9.17) is 0 Å². The number of rotatable bonds is 1. The smallest absolute Gasteiger partial charge is 0.252 e. The van der Waals surface area contributed by atoms with Crippen LogP contribution in [0.3, 0.4) is 0 Å². The Morgan fingerprint density at radius 1 is 1.41 bits per heavy atom. The average molecular weight is 234 g/mol. The number of hydrogen-bond acceptors (Lipinski definition) is 2. The number of fused-ring (bicyclic) bond motifs is 1. The van der Waals surface area contributed by atoms with Gasteiger partial charge in [-0.25, -0.2) is 0 Å². The normalized spacial score (nSPS) is 20.1. The number of pyridine rings is 1. The van der Waals surface area contributed by atoms with Crippen molar-refractivity contribution in [3.05, 3.63) is 28.2 Å². The summed E-state index contributed by atoms with van der Waals surface area (Å²) in [6.45, 7) is 4.55. The molecule has 4 heteroatoms. The van der Waals surface area contributed by atoms with E-state index < -0.39 is 0 Å². The SMILES string of the molecule is CCn1cc2c(cc1=O)N(C)C(=O)C(C)CC2. The molecular weight excluding hydrogens is 216 g/mol. The maximum Gasteiger partial charge on any atom is 0.252 e. The maximum absolute atomic E-state index is 12.0. The van der Waals surface area contributed by atoms with E-state index in [1.165, 1.54) is 0 Å². The van der Waals surface area contributed by atoms with E-state index in [1.54, 1.807) is 22.6 Å². The van der Waals surface area contributed by atoms with E-state index in [-0.39, 0.29) is 17.4 Å². The average Bonchev–Trinajstić information content (AvgIpc) is 2.42. The lowest BCUT2D eigenvalue weighted by molar-refractivity contribution is -0.121. The predicted molar refractivity (Wildman–Crippen MR) is 67.3 cm³/mol. The van der Waals surface area contributed by atoms with E-state index in [1.807, 2.05) is 20.0 Å². The van der Waals surface area contributed by atoms with Gasteiger partial charge in [-0.15, -0.1) is 0 Å². The summed E-state index contributed by atoms with van der Waals surface area (Å²) in [5.74, 6) is 0.120. The number of aromatic nitrogens is 1. The van der Waals surface area contributed by atoms with E-state index >= 15 is 0 Å². The molecule has 0 N–H and O–H groups in total. The number of hydrogen-bond donors (Lipinski definition) is 0. The Morgan fingerprint density at radius 3 is 2.76 bits per heavy atom. The highest BCUT2D eigenvalue weighted by Gasteiger charge is 2.25. The van der Waals surface area contributed by atoms with Crippen LogP contribution in [0, 0.1) is 5.92 Å². The van der Waals surface area contributed by atoms with Gasteiger partial charge in [-0.05, 0) is 25.3 Å². The highest BCUT2D eigenvalue weighted by Crippen LogP contribution is 2.26. The van der Waals surface area contributed by atoms with Crippen LogP contribution >= 0.6 is 0 Å². The molecule has 92 valence electrons. The van der Waals surface area contributed by atoms with Gasteiger partial charge in [0.25, 0.3) is 5.56 Å². The van der Waals surface area contributed by atoms with Crippen LogP contribution in [0.25, 0.3) is 0 Å².